The Morgan fingerprint density at radius 3 is 2.00 bits per heavy atom. The van der Waals surface area contributed by atoms with E-state index in [0.29, 0.717) is 0 Å². The Kier molecular flexibility index (Phi) is 2.48. The number of benzene rings is 5. The van der Waals surface area contributed by atoms with Gasteiger partial charge in [0.2, 0.25) is 0 Å². The molecule has 1 aliphatic carbocycles. The van der Waals surface area contributed by atoms with E-state index >= 15 is 0 Å². The van der Waals surface area contributed by atoms with E-state index in [1.165, 1.54) is 54.6 Å². The van der Waals surface area contributed by atoms with Gasteiger partial charge in [-0.1, -0.05) is 60.7 Å². The van der Waals surface area contributed by atoms with Crippen molar-refractivity contribution in [1.82, 2.24) is 0 Å². The van der Waals surface area contributed by atoms with Crippen molar-refractivity contribution in [3.63, 3.8) is 0 Å². The van der Waals surface area contributed by atoms with Crippen molar-refractivity contribution in [2.45, 2.75) is 6.42 Å². The van der Waals surface area contributed by atoms with Crippen LogP contribution in [-0.2, 0) is 6.42 Å². The van der Waals surface area contributed by atoms with E-state index < -0.39 is 0 Å². The molecule has 0 saturated carbocycles. The standard InChI is InChI=1S/C25H16/c1-2-6-17-12-22-15-24-19(14-21(22)11-16(17)5-1)9-10-20-13-18-7-3-4-8-23(18)25(20)24/h1-12,14-15H,13H2. The minimum Gasteiger partial charge on any atom is -0.0619 e. The summed E-state index contributed by atoms with van der Waals surface area (Å²) in [5, 5.41) is 7.97. The van der Waals surface area contributed by atoms with E-state index in [0.717, 1.165) is 6.42 Å². The average molecular weight is 316 g/mol. The summed E-state index contributed by atoms with van der Waals surface area (Å²) in [6.07, 6.45) is 1.05. The van der Waals surface area contributed by atoms with Gasteiger partial charge in [-0.15, -0.1) is 0 Å². The second-order valence-electron chi connectivity index (χ2n) is 7.05. The van der Waals surface area contributed by atoms with Gasteiger partial charge in [0.25, 0.3) is 0 Å². The molecule has 0 radical (unpaired) electrons. The molecule has 1 aliphatic rings. The van der Waals surface area contributed by atoms with Crippen molar-refractivity contribution in [3.05, 3.63) is 96.1 Å². The average Bonchev–Trinajstić information content (AvgIpc) is 3.04. The van der Waals surface area contributed by atoms with Crippen LogP contribution >= 0.6 is 0 Å². The van der Waals surface area contributed by atoms with Crippen LogP contribution in [0.15, 0.2) is 84.9 Å². The van der Waals surface area contributed by atoms with E-state index in [2.05, 4.69) is 84.9 Å². The minimum atomic E-state index is 1.05. The fraction of sp³-hybridized carbons (Fsp3) is 0.0400. The first-order chi connectivity index (χ1) is 12.4. The van der Waals surface area contributed by atoms with Gasteiger partial charge < -0.3 is 0 Å². The molecule has 0 fully saturated rings. The number of hydrogen-bond acceptors (Lipinski definition) is 0. The van der Waals surface area contributed by atoms with Crippen LogP contribution < -0.4 is 0 Å². The molecule has 5 aromatic rings. The lowest BCUT2D eigenvalue weighted by molar-refractivity contribution is 1.27. The zero-order valence-corrected chi connectivity index (χ0v) is 13.8. The molecule has 0 amide bonds. The second kappa shape index (κ2) is 4.70. The first kappa shape index (κ1) is 13.2. The third-order valence-electron chi connectivity index (χ3n) is 5.60. The third kappa shape index (κ3) is 1.82. The lowest BCUT2D eigenvalue weighted by Crippen LogP contribution is -1.84. The zero-order chi connectivity index (χ0) is 16.4. The molecule has 0 aromatic heterocycles. The number of rotatable bonds is 0. The van der Waals surface area contributed by atoms with Crippen molar-refractivity contribution in [1.29, 1.82) is 0 Å². The third-order valence-corrected chi connectivity index (χ3v) is 5.60. The van der Waals surface area contributed by atoms with Gasteiger partial charge >= 0.3 is 0 Å². The van der Waals surface area contributed by atoms with Crippen LogP contribution in [0, 0.1) is 0 Å². The van der Waals surface area contributed by atoms with Crippen LogP contribution in [0.2, 0.25) is 0 Å². The molecule has 0 atom stereocenters. The van der Waals surface area contributed by atoms with Crippen LogP contribution in [0.1, 0.15) is 11.1 Å². The summed E-state index contributed by atoms with van der Waals surface area (Å²) in [6, 6.07) is 31.4. The lowest BCUT2D eigenvalue weighted by Gasteiger charge is -2.10. The number of fused-ring (bicyclic) bond motifs is 7. The molecule has 0 saturated heterocycles. The summed E-state index contributed by atoms with van der Waals surface area (Å²) >= 11 is 0. The predicted molar refractivity (Wildman–Crippen MR) is 107 cm³/mol. The zero-order valence-electron chi connectivity index (χ0n) is 13.8. The summed E-state index contributed by atoms with van der Waals surface area (Å²) in [5.74, 6) is 0. The van der Waals surface area contributed by atoms with E-state index in [-0.39, 0.29) is 0 Å². The van der Waals surface area contributed by atoms with Crippen LogP contribution in [0.25, 0.3) is 43.4 Å². The molecule has 6 rings (SSSR count). The van der Waals surface area contributed by atoms with Gasteiger partial charge in [0, 0.05) is 0 Å². The highest BCUT2D eigenvalue weighted by molar-refractivity contribution is 6.10. The molecular weight excluding hydrogens is 300 g/mol. The number of hydrogen-bond donors (Lipinski definition) is 0. The summed E-state index contributed by atoms with van der Waals surface area (Å²) in [5.41, 5.74) is 5.74. The normalized spacial score (nSPS) is 12.6. The Morgan fingerprint density at radius 1 is 0.480 bits per heavy atom. The summed E-state index contributed by atoms with van der Waals surface area (Å²) in [4.78, 5) is 0. The van der Waals surface area contributed by atoms with Gasteiger partial charge in [0.15, 0.2) is 0 Å². The monoisotopic (exact) mass is 316 g/mol. The molecule has 116 valence electrons. The smallest absolute Gasteiger partial charge is 0.00132 e. The molecule has 25 heavy (non-hydrogen) atoms. The van der Waals surface area contributed by atoms with E-state index in [1.54, 1.807) is 0 Å². The Bertz CT molecular complexity index is 1310. The van der Waals surface area contributed by atoms with Crippen LogP contribution in [0.5, 0.6) is 0 Å². The molecular formula is C25H16. The fourth-order valence-corrected chi connectivity index (χ4v) is 4.40. The summed E-state index contributed by atoms with van der Waals surface area (Å²) in [7, 11) is 0. The maximum absolute atomic E-state index is 2.39. The molecule has 0 heterocycles. The Balaban J connectivity index is 1.75. The van der Waals surface area contributed by atoms with Gasteiger partial charge in [0.05, 0.1) is 0 Å². The highest BCUT2D eigenvalue weighted by atomic mass is 14.2. The van der Waals surface area contributed by atoms with Crippen LogP contribution in [0.4, 0.5) is 0 Å². The molecule has 0 spiro atoms. The molecule has 5 aromatic carbocycles. The van der Waals surface area contributed by atoms with Crippen molar-refractivity contribution in [2.24, 2.45) is 0 Å². The molecule has 0 heteroatoms. The van der Waals surface area contributed by atoms with Crippen LogP contribution in [-0.4, -0.2) is 0 Å². The van der Waals surface area contributed by atoms with E-state index in [1.807, 2.05) is 0 Å². The first-order valence-electron chi connectivity index (χ1n) is 8.83. The quantitative estimate of drug-likeness (QED) is 0.273. The lowest BCUT2D eigenvalue weighted by atomic mass is 9.94. The maximum atomic E-state index is 2.39. The van der Waals surface area contributed by atoms with Gasteiger partial charge in [-0.3, -0.25) is 0 Å². The predicted octanol–water partition coefficient (Wildman–Crippen LogP) is 6.72. The van der Waals surface area contributed by atoms with Crippen LogP contribution in [0.3, 0.4) is 0 Å². The molecule has 0 aliphatic heterocycles. The van der Waals surface area contributed by atoms with Gasteiger partial charge in [-0.25, -0.2) is 0 Å². The molecule has 0 bridgehead atoms. The Morgan fingerprint density at radius 2 is 1.16 bits per heavy atom. The van der Waals surface area contributed by atoms with E-state index in [9.17, 15) is 0 Å². The molecule has 0 unspecified atom stereocenters. The van der Waals surface area contributed by atoms with Gasteiger partial charge in [0.1, 0.15) is 0 Å². The van der Waals surface area contributed by atoms with E-state index in [4.69, 9.17) is 0 Å². The largest absolute Gasteiger partial charge is 0.0619 e. The van der Waals surface area contributed by atoms with Gasteiger partial charge in [-0.2, -0.15) is 0 Å². The molecule has 0 N–H and O–H groups in total. The highest BCUT2D eigenvalue weighted by Gasteiger charge is 2.20. The van der Waals surface area contributed by atoms with Crippen molar-refractivity contribution < 1.29 is 0 Å². The Hall–Kier alpha value is -3.12. The minimum absolute atomic E-state index is 1.05. The molecule has 0 nitrogen and oxygen atoms in total. The highest BCUT2D eigenvalue weighted by Crippen LogP contribution is 2.42. The Labute approximate surface area is 146 Å². The van der Waals surface area contributed by atoms with Crippen molar-refractivity contribution >= 4 is 32.3 Å². The maximum Gasteiger partial charge on any atom is -0.00132 e. The van der Waals surface area contributed by atoms with Crippen molar-refractivity contribution in [3.8, 4) is 11.1 Å². The fourth-order valence-electron chi connectivity index (χ4n) is 4.40. The van der Waals surface area contributed by atoms with Gasteiger partial charge in [-0.05, 0) is 85.3 Å². The second-order valence-corrected chi connectivity index (χ2v) is 7.05. The SMILES string of the molecule is c1ccc2c(c1)Cc1ccc3cc4cc5ccccc5cc4cc3c1-2. The van der Waals surface area contributed by atoms with Crippen molar-refractivity contribution in [2.75, 3.05) is 0 Å². The topological polar surface area (TPSA) is 0 Å². The summed E-state index contributed by atoms with van der Waals surface area (Å²) in [6.45, 7) is 0. The summed E-state index contributed by atoms with van der Waals surface area (Å²) < 4.78 is 0. The first-order valence-corrected chi connectivity index (χ1v) is 8.83.